The molecule has 1 heterocycles. The minimum absolute atomic E-state index is 0.0730. The first-order valence-electron chi connectivity index (χ1n) is 7.56. The van der Waals surface area contributed by atoms with Crippen molar-refractivity contribution in [3.8, 4) is 0 Å². The zero-order valence-electron chi connectivity index (χ0n) is 12.6. The highest BCUT2D eigenvalue weighted by atomic mass is 16.6. The smallest absolute Gasteiger partial charge is 0.416 e. The molecule has 5 nitrogen and oxygen atoms in total. The summed E-state index contributed by atoms with van der Waals surface area (Å²) < 4.78 is 4.80. The fourth-order valence-electron chi connectivity index (χ4n) is 2.62. The largest absolute Gasteiger partial charge is 0.447 e. The fourth-order valence-corrected chi connectivity index (χ4v) is 2.62. The minimum atomic E-state index is -0.562. The number of carbonyl (C=O) groups is 2. The van der Waals surface area contributed by atoms with Crippen molar-refractivity contribution in [2.75, 3.05) is 19.7 Å². The second-order valence-corrected chi connectivity index (χ2v) is 5.30. The van der Waals surface area contributed by atoms with E-state index in [9.17, 15) is 9.59 Å². The Labute approximate surface area is 134 Å². The minimum Gasteiger partial charge on any atom is -0.447 e. The molecule has 0 saturated carbocycles. The number of ether oxygens (including phenoxy) is 1. The van der Waals surface area contributed by atoms with Crippen LogP contribution in [-0.2, 0) is 9.53 Å². The van der Waals surface area contributed by atoms with Crippen molar-refractivity contribution >= 4 is 12.0 Å². The summed E-state index contributed by atoms with van der Waals surface area (Å²) in [4.78, 5) is 24.8. The van der Waals surface area contributed by atoms with Gasteiger partial charge in [-0.25, -0.2) is 9.69 Å². The van der Waals surface area contributed by atoms with Gasteiger partial charge in [0.15, 0.2) is 0 Å². The first kappa shape index (κ1) is 15.2. The van der Waals surface area contributed by atoms with Crippen LogP contribution in [0.5, 0.6) is 0 Å². The molecular weight excluding hydrogens is 292 g/mol. The van der Waals surface area contributed by atoms with E-state index in [0.717, 1.165) is 16.0 Å². The number of nitrogens with one attached hydrogen (secondary N) is 1. The second-order valence-electron chi connectivity index (χ2n) is 5.30. The molecule has 2 aromatic carbocycles. The molecule has 0 atom stereocenters. The zero-order chi connectivity index (χ0) is 16.1. The average Bonchev–Trinajstić information content (AvgIpc) is 3.03. The number of hydrogen-bond donors (Lipinski definition) is 1. The molecular formula is C18H18N2O3. The molecule has 23 heavy (non-hydrogen) atoms. The third-order valence-electron chi connectivity index (χ3n) is 3.79. The van der Waals surface area contributed by atoms with Gasteiger partial charge >= 0.3 is 6.09 Å². The Morgan fingerprint density at radius 3 is 2.09 bits per heavy atom. The number of nitrogens with zero attached hydrogens (tertiary/aromatic N) is 1. The number of amides is 2. The van der Waals surface area contributed by atoms with Crippen molar-refractivity contribution in [3.05, 3.63) is 71.8 Å². The Balaban J connectivity index is 1.74. The van der Waals surface area contributed by atoms with Crippen LogP contribution < -0.4 is 5.32 Å². The van der Waals surface area contributed by atoms with E-state index in [-0.39, 0.29) is 25.1 Å². The van der Waals surface area contributed by atoms with Crippen molar-refractivity contribution < 1.29 is 14.3 Å². The summed E-state index contributed by atoms with van der Waals surface area (Å²) in [6.07, 6.45) is -0.562. The molecule has 1 aliphatic heterocycles. The molecule has 0 radical (unpaired) electrons. The third-order valence-corrected chi connectivity index (χ3v) is 3.79. The number of benzene rings is 2. The van der Waals surface area contributed by atoms with Crippen LogP contribution in [0.25, 0.3) is 0 Å². The quantitative estimate of drug-likeness (QED) is 0.921. The van der Waals surface area contributed by atoms with Gasteiger partial charge in [-0.05, 0) is 11.1 Å². The molecule has 5 heteroatoms. The first-order chi connectivity index (χ1) is 11.3. The van der Waals surface area contributed by atoms with Crippen LogP contribution in [0.4, 0.5) is 4.79 Å². The van der Waals surface area contributed by atoms with Crippen molar-refractivity contribution in [3.63, 3.8) is 0 Å². The van der Waals surface area contributed by atoms with Crippen molar-refractivity contribution in [2.45, 2.75) is 6.04 Å². The summed E-state index contributed by atoms with van der Waals surface area (Å²) in [7, 11) is 0. The van der Waals surface area contributed by atoms with E-state index >= 15 is 0 Å². The van der Waals surface area contributed by atoms with E-state index in [1.54, 1.807) is 0 Å². The molecule has 0 aromatic heterocycles. The molecule has 1 fully saturated rings. The molecule has 0 unspecified atom stereocenters. The maximum atomic E-state index is 12.2. The average molecular weight is 310 g/mol. The van der Waals surface area contributed by atoms with Gasteiger partial charge in [0.25, 0.3) is 0 Å². The van der Waals surface area contributed by atoms with Crippen LogP contribution in [0.2, 0.25) is 0 Å². The maximum Gasteiger partial charge on any atom is 0.416 e. The van der Waals surface area contributed by atoms with Gasteiger partial charge in [-0.1, -0.05) is 60.7 Å². The van der Waals surface area contributed by atoms with Crippen molar-refractivity contribution in [2.24, 2.45) is 0 Å². The van der Waals surface area contributed by atoms with Crippen LogP contribution >= 0.6 is 0 Å². The number of imide groups is 1. The number of hydrogen-bond acceptors (Lipinski definition) is 4. The van der Waals surface area contributed by atoms with E-state index in [4.69, 9.17) is 4.74 Å². The standard InChI is InChI=1S/C18H18N2O3/c21-16(20-11-12-23-18(20)22)13-19-17(14-7-3-1-4-8-14)15-9-5-2-6-10-15/h1-10,17,19H,11-13H2. The van der Waals surface area contributed by atoms with Gasteiger partial charge in [0, 0.05) is 0 Å². The molecule has 0 spiro atoms. The second kappa shape index (κ2) is 7.07. The molecule has 0 aliphatic carbocycles. The van der Waals surface area contributed by atoms with Crippen LogP contribution in [0.15, 0.2) is 60.7 Å². The summed E-state index contributed by atoms with van der Waals surface area (Å²) >= 11 is 0. The van der Waals surface area contributed by atoms with Gasteiger partial charge in [0.1, 0.15) is 6.61 Å². The molecule has 2 amide bonds. The highest BCUT2D eigenvalue weighted by Crippen LogP contribution is 2.21. The van der Waals surface area contributed by atoms with E-state index in [2.05, 4.69) is 5.32 Å². The van der Waals surface area contributed by atoms with Gasteiger partial charge < -0.3 is 4.74 Å². The zero-order valence-corrected chi connectivity index (χ0v) is 12.6. The van der Waals surface area contributed by atoms with Gasteiger partial charge in [-0.2, -0.15) is 0 Å². The lowest BCUT2D eigenvalue weighted by Crippen LogP contribution is -2.40. The first-order valence-corrected chi connectivity index (χ1v) is 7.56. The normalized spacial score (nSPS) is 14.1. The number of rotatable bonds is 5. The Kier molecular flexibility index (Phi) is 4.68. The molecule has 0 bridgehead atoms. The molecule has 1 N–H and O–H groups in total. The highest BCUT2D eigenvalue weighted by molar-refractivity contribution is 5.94. The Morgan fingerprint density at radius 1 is 1.04 bits per heavy atom. The van der Waals surface area contributed by atoms with Crippen LogP contribution in [-0.4, -0.2) is 36.6 Å². The van der Waals surface area contributed by atoms with E-state index in [0.29, 0.717) is 6.54 Å². The van der Waals surface area contributed by atoms with Crippen LogP contribution in [0.1, 0.15) is 17.2 Å². The summed E-state index contributed by atoms with van der Waals surface area (Å²) in [6, 6.07) is 19.7. The predicted octanol–water partition coefficient (Wildman–Crippen LogP) is 2.34. The predicted molar refractivity (Wildman–Crippen MR) is 85.8 cm³/mol. The van der Waals surface area contributed by atoms with Gasteiger partial charge in [-0.15, -0.1) is 0 Å². The summed E-state index contributed by atoms with van der Waals surface area (Å²) in [5, 5.41) is 3.25. The summed E-state index contributed by atoms with van der Waals surface area (Å²) in [5.74, 6) is -0.274. The van der Waals surface area contributed by atoms with Crippen LogP contribution in [0.3, 0.4) is 0 Å². The third kappa shape index (κ3) is 3.57. The van der Waals surface area contributed by atoms with Crippen molar-refractivity contribution in [1.29, 1.82) is 0 Å². The molecule has 3 rings (SSSR count). The Morgan fingerprint density at radius 2 is 1.61 bits per heavy atom. The summed E-state index contributed by atoms with van der Waals surface area (Å²) in [5.41, 5.74) is 2.13. The number of carbonyl (C=O) groups excluding carboxylic acids is 2. The van der Waals surface area contributed by atoms with E-state index < -0.39 is 6.09 Å². The van der Waals surface area contributed by atoms with E-state index in [1.165, 1.54) is 0 Å². The maximum absolute atomic E-state index is 12.2. The van der Waals surface area contributed by atoms with Crippen molar-refractivity contribution in [1.82, 2.24) is 10.2 Å². The highest BCUT2D eigenvalue weighted by Gasteiger charge is 2.28. The lowest BCUT2D eigenvalue weighted by molar-refractivity contribution is -0.126. The van der Waals surface area contributed by atoms with Gasteiger partial charge in [-0.3, -0.25) is 10.1 Å². The van der Waals surface area contributed by atoms with E-state index in [1.807, 2.05) is 60.7 Å². The van der Waals surface area contributed by atoms with Gasteiger partial charge in [0.2, 0.25) is 5.91 Å². The number of cyclic esters (lactones) is 1. The molecule has 1 aliphatic rings. The fraction of sp³-hybridized carbons (Fsp3) is 0.222. The Bertz CT molecular complexity index is 634. The molecule has 1 saturated heterocycles. The Hall–Kier alpha value is -2.66. The lowest BCUT2D eigenvalue weighted by Gasteiger charge is -2.20. The van der Waals surface area contributed by atoms with Crippen LogP contribution in [0, 0.1) is 0 Å². The molecule has 2 aromatic rings. The lowest BCUT2D eigenvalue weighted by atomic mass is 9.99. The van der Waals surface area contributed by atoms with Gasteiger partial charge in [0.05, 0.1) is 19.1 Å². The molecule has 118 valence electrons. The topological polar surface area (TPSA) is 58.6 Å². The SMILES string of the molecule is O=C(CNC(c1ccccc1)c1ccccc1)N1CCOC1=O. The summed E-state index contributed by atoms with van der Waals surface area (Å²) in [6.45, 7) is 0.662. The monoisotopic (exact) mass is 310 g/mol.